The van der Waals surface area contributed by atoms with Crippen molar-refractivity contribution in [1.29, 1.82) is 0 Å². The Morgan fingerprint density at radius 1 is 0.929 bits per heavy atom. The van der Waals surface area contributed by atoms with Crippen LogP contribution in [-0.2, 0) is 19.3 Å². The highest BCUT2D eigenvalue weighted by molar-refractivity contribution is 6.05. The number of carbonyl (C=O) groups excluding carboxylic acids is 1. The summed E-state index contributed by atoms with van der Waals surface area (Å²) in [6.45, 7) is 1.04. The zero-order chi connectivity index (χ0) is 20.0. The van der Waals surface area contributed by atoms with Crippen LogP contribution in [0.1, 0.15) is 27.0 Å². The molecule has 0 unspecified atom stereocenters. The second kappa shape index (κ2) is 8.67. The Balaban J connectivity index is 1.69. The average molecular weight is 385 g/mol. The smallest absolute Gasteiger partial charge is 0.322 e. The first-order chi connectivity index (χ1) is 13.4. The molecule has 7 heteroatoms. The van der Waals surface area contributed by atoms with Gasteiger partial charge in [0.05, 0.1) is 5.56 Å². The lowest BCUT2D eigenvalue weighted by Crippen LogP contribution is -2.19. The SMILES string of the molecule is O=C(Nc1cccc(C(F)(F)F)c1)c1ccccc1CNCc1ccncc1. The van der Waals surface area contributed by atoms with Crippen molar-refractivity contribution in [3.63, 3.8) is 0 Å². The van der Waals surface area contributed by atoms with E-state index in [9.17, 15) is 18.0 Å². The molecule has 3 aromatic rings. The monoisotopic (exact) mass is 385 g/mol. The van der Waals surface area contributed by atoms with E-state index in [1.807, 2.05) is 18.2 Å². The Hall–Kier alpha value is -3.19. The number of pyridine rings is 1. The number of alkyl halides is 3. The normalized spacial score (nSPS) is 11.2. The van der Waals surface area contributed by atoms with Gasteiger partial charge in [0.1, 0.15) is 0 Å². The van der Waals surface area contributed by atoms with Gasteiger partial charge in [0.25, 0.3) is 5.91 Å². The van der Waals surface area contributed by atoms with Gasteiger partial charge < -0.3 is 10.6 Å². The fourth-order valence-electron chi connectivity index (χ4n) is 2.71. The number of aromatic nitrogens is 1. The maximum Gasteiger partial charge on any atom is 0.416 e. The Labute approximate surface area is 160 Å². The van der Waals surface area contributed by atoms with E-state index in [2.05, 4.69) is 15.6 Å². The minimum Gasteiger partial charge on any atom is -0.322 e. The molecule has 1 heterocycles. The topological polar surface area (TPSA) is 54.0 Å². The van der Waals surface area contributed by atoms with Gasteiger partial charge in [-0.2, -0.15) is 13.2 Å². The van der Waals surface area contributed by atoms with Crippen LogP contribution < -0.4 is 10.6 Å². The molecule has 2 aromatic carbocycles. The molecule has 0 bridgehead atoms. The molecule has 1 aromatic heterocycles. The van der Waals surface area contributed by atoms with Gasteiger partial charge in [-0.05, 0) is 47.5 Å². The summed E-state index contributed by atoms with van der Waals surface area (Å²) in [5.74, 6) is -0.458. The van der Waals surface area contributed by atoms with E-state index < -0.39 is 17.6 Å². The number of halogens is 3. The summed E-state index contributed by atoms with van der Waals surface area (Å²) >= 11 is 0. The Morgan fingerprint density at radius 2 is 1.68 bits per heavy atom. The first-order valence-corrected chi connectivity index (χ1v) is 8.59. The number of amides is 1. The molecular weight excluding hydrogens is 367 g/mol. The van der Waals surface area contributed by atoms with Crippen LogP contribution in [0.2, 0.25) is 0 Å². The van der Waals surface area contributed by atoms with Gasteiger partial charge in [-0.15, -0.1) is 0 Å². The maximum absolute atomic E-state index is 12.8. The third-order valence-electron chi connectivity index (χ3n) is 4.10. The summed E-state index contributed by atoms with van der Waals surface area (Å²) in [5, 5.41) is 5.79. The number of nitrogens with zero attached hydrogens (tertiary/aromatic N) is 1. The third kappa shape index (κ3) is 5.17. The second-order valence-electron chi connectivity index (χ2n) is 6.15. The fourth-order valence-corrected chi connectivity index (χ4v) is 2.71. The molecule has 0 aliphatic heterocycles. The summed E-state index contributed by atoms with van der Waals surface area (Å²) in [6, 6.07) is 15.3. The zero-order valence-corrected chi connectivity index (χ0v) is 14.8. The number of nitrogens with one attached hydrogen (secondary N) is 2. The quantitative estimate of drug-likeness (QED) is 0.650. The number of carbonyl (C=O) groups is 1. The summed E-state index contributed by atoms with van der Waals surface area (Å²) in [4.78, 5) is 16.6. The molecule has 144 valence electrons. The van der Waals surface area contributed by atoms with E-state index in [1.54, 1.807) is 30.6 Å². The summed E-state index contributed by atoms with van der Waals surface area (Å²) in [6.07, 6.45) is -1.06. The molecule has 3 rings (SSSR count). The van der Waals surface area contributed by atoms with Crippen molar-refractivity contribution < 1.29 is 18.0 Å². The highest BCUT2D eigenvalue weighted by Gasteiger charge is 2.30. The zero-order valence-electron chi connectivity index (χ0n) is 14.8. The molecule has 0 saturated heterocycles. The van der Waals surface area contributed by atoms with Gasteiger partial charge >= 0.3 is 6.18 Å². The van der Waals surface area contributed by atoms with Gasteiger partial charge in [0.2, 0.25) is 0 Å². The lowest BCUT2D eigenvalue weighted by Gasteiger charge is -2.13. The van der Waals surface area contributed by atoms with Gasteiger partial charge in [0, 0.05) is 36.7 Å². The molecule has 2 N–H and O–H groups in total. The number of hydrogen-bond donors (Lipinski definition) is 2. The first-order valence-electron chi connectivity index (χ1n) is 8.59. The molecule has 0 saturated carbocycles. The van der Waals surface area contributed by atoms with Gasteiger partial charge in [-0.1, -0.05) is 24.3 Å². The van der Waals surface area contributed by atoms with Crippen LogP contribution in [0, 0.1) is 0 Å². The van der Waals surface area contributed by atoms with Crippen LogP contribution in [0.4, 0.5) is 18.9 Å². The average Bonchev–Trinajstić information content (AvgIpc) is 2.69. The van der Waals surface area contributed by atoms with Crippen LogP contribution in [0.15, 0.2) is 73.1 Å². The lowest BCUT2D eigenvalue weighted by molar-refractivity contribution is -0.137. The van der Waals surface area contributed by atoms with Crippen molar-refractivity contribution >= 4 is 11.6 Å². The number of anilines is 1. The molecule has 0 radical (unpaired) electrons. The van der Waals surface area contributed by atoms with E-state index in [-0.39, 0.29) is 5.69 Å². The second-order valence-corrected chi connectivity index (χ2v) is 6.15. The van der Waals surface area contributed by atoms with Gasteiger partial charge in [0.15, 0.2) is 0 Å². The lowest BCUT2D eigenvalue weighted by atomic mass is 10.1. The van der Waals surface area contributed by atoms with Gasteiger partial charge in [-0.3, -0.25) is 9.78 Å². The van der Waals surface area contributed by atoms with Crippen LogP contribution in [-0.4, -0.2) is 10.9 Å². The predicted octanol–water partition coefficient (Wildman–Crippen LogP) is 4.64. The van der Waals surface area contributed by atoms with Crippen LogP contribution in [0.3, 0.4) is 0 Å². The minimum atomic E-state index is -4.46. The van der Waals surface area contributed by atoms with E-state index in [1.165, 1.54) is 12.1 Å². The molecule has 0 aliphatic rings. The molecule has 0 aliphatic carbocycles. The molecular formula is C21H18F3N3O. The van der Waals surface area contributed by atoms with E-state index in [4.69, 9.17) is 0 Å². The minimum absolute atomic E-state index is 0.0966. The van der Waals surface area contributed by atoms with Crippen LogP contribution >= 0.6 is 0 Å². The van der Waals surface area contributed by atoms with Crippen molar-refractivity contribution in [2.45, 2.75) is 19.3 Å². The highest BCUT2D eigenvalue weighted by atomic mass is 19.4. The summed E-state index contributed by atoms with van der Waals surface area (Å²) in [5.41, 5.74) is 1.50. The largest absolute Gasteiger partial charge is 0.416 e. The fraction of sp³-hybridized carbons (Fsp3) is 0.143. The summed E-state index contributed by atoms with van der Waals surface area (Å²) < 4.78 is 38.5. The molecule has 0 spiro atoms. The standard InChI is InChI=1S/C21H18F3N3O/c22-21(23,24)17-5-3-6-18(12-17)27-20(28)19-7-2-1-4-16(19)14-26-13-15-8-10-25-11-9-15/h1-12,26H,13-14H2,(H,27,28). The number of hydrogen-bond acceptors (Lipinski definition) is 3. The Morgan fingerprint density at radius 3 is 2.43 bits per heavy atom. The maximum atomic E-state index is 12.8. The molecule has 1 amide bonds. The molecule has 0 atom stereocenters. The van der Waals surface area contributed by atoms with E-state index in [0.29, 0.717) is 18.7 Å². The van der Waals surface area contributed by atoms with E-state index in [0.717, 1.165) is 23.3 Å². The predicted molar refractivity (Wildman–Crippen MR) is 101 cm³/mol. The van der Waals surface area contributed by atoms with Crippen molar-refractivity contribution in [3.05, 3.63) is 95.3 Å². The van der Waals surface area contributed by atoms with Crippen LogP contribution in [0.25, 0.3) is 0 Å². The van der Waals surface area contributed by atoms with Crippen molar-refractivity contribution in [2.75, 3.05) is 5.32 Å². The van der Waals surface area contributed by atoms with Crippen molar-refractivity contribution in [2.24, 2.45) is 0 Å². The Kier molecular flexibility index (Phi) is 6.06. The summed E-state index contributed by atoms with van der Waals surface area (Å²) in [7, 11) is 0. The van der Waals surface area contributed by atoms with E-state index >= 15 is 0 Å². The first kappa shape index (κ1) is 19.6. The van der Waals surface area contributed by atoms with Crippen molar-refractivity contribution in [3.8, 4) is 0 Å². The third-order valence-corrected chi connectivity index (χ3v) is 4.10. The highest BCUT2D eigenvalue weighted by Crippen LogP contribution is 2.30. The van der Waals surface area contributed by atoms with Gasteiger partial charge in [-0.25, -0.2) is 0 Å². The molecule has 4 nitrogen and oxygen atoms in total. The van der Waals surface area contributed by atoms with Crippen LogP contribution in [0.5, 0.6) is 0 Å². The van der Waals surface area contributed by atoms with Crippen molar-refractivity contribution in [1.82, 2.24) is 10.3 Å². The Bertz CT molecular complexity index is 943. The number of benzene rings is 2. The molecule has 28 heavy (non-hydrogen) atoms. The number of rotatable bonds is 6. The molecule has 0 fully saturated rings.